The van der Waals surface area contributed by atoms with Crippen LogP contribution in [0.15, 0.2) is 23.2 Å². The Morgan fingerprint density at radius 2 is 2.05 bits per heavy atom. The first-order chi connectivity index (χ1) is 10.4. The van der Waals surface area contributed by atoms with Crippen LogP contribution in [0.1, 0.15) is 26.3 Å². The molecule has 0 aliphatic carbocycles. The molecule has 0 spiro atoms. The van der Waals surface area contributed by atoms with Gasteiger partial charge in [0, 0.05) is 27.2 Å². The molecule has 0 bridgehead atoms. The highest BCUT2D eigenvalue weighted by molar-refractivity contribution is 5.79. The van der Waals surface area contributed by atoms with Crippen molar-refractivity contribution in [3.8, 4) is 5.75 Å². The number of methoxy groups -OCH3 is 1. The molecule has 0 aliphatic heterocycles. The Bertz CT molecular complexity index is 504. The summed E-state index contributed by atoms with van der Waals surface area (Å²) in [5, 5.41) is 6.31. The zero-order chi connectivity index (χ0) is 16.6. The van der Waals surface area contributed by atoms with E-state index < -0.39 is 0 Å². The van der Waals surface area contributed by atoms with Crippen LogP contribution in [0.2, 0.25) is 0 Å². The van der Waals surface area contributed by atoms with Gasteiger partial charge < -0.3 is 20.1 Å². The zero-order valence-corrected chi connectivity index (χ0v) is 14.0. The third kappa shape index (κ3) is 5.89. The Hall–Kier alpha value is -1.82. The van der Waals surface area contributed by atoms with Crippen LogP contribution in [0.25, 0.3) is 0 Å². The fraction of sp³-hybridized carbons (Fsp3) is 0.562. The molecule has 0 heterocycles. The molecule has 0 amide bonds. The Morgan fingerprint density at radius 3 is 2.59 bits per heavy atom. The van der Waals surface area contributed by atoms with E-state index in [0.29, 0.717) is 25.7 Å². The van der Waals surface area contributed by atoms with Crippen LogP contribution in [0.4, 0.5) is 4.39 Å². The lowest BCUT2D eigenvalue weighted by molar-refractivity contribution is 0.0268. The summed E-state index contributed by atoms with van der Waals surface area (Å²) in [5.74, 6) is 0.555. The third-order valence-corrected chi connectivity index (χ3v) is 3.21. The van der Waals surface area contributed by atoms with Crippen molar-refractivity contribution in [2.45, 2.75) is 32.9 Å². The van der Waals surface area contributed by atoms with E-state index in [9.17, 15) is 4.39 Å². The first kappa shape index (κ1) is 18.2. The highest BCUT2D eigenvalue weighted by Crippen LogP contribution is 2.18. The number of guanidine groups is 1. The summed E-state index contributed by atoms with van der Waals surface area (Å²) >= 11 is 0. The van der Waals surface area contributed by atoms with Gasteiger partial charge >= 0.3 is 0 Å². The fourth-order valence-corrected chi connectivity index (χ4v) is 1.70. The van der Waals surface area contributed by atoms with Gasteiger partial charge in [0.2, 0.25) is 0 Å². The average Bonchev–Trinajstić information content (AvgIpc) is 2.50. The number of halogens is 1. The van der Waals surface area contributed by atoms with Crippen molar-refractivity contribution in [3.05, 3.63) is 29.6 Å². The van der Waals surface area contributed by atoms with Crippen LogP contribution in [-0.2, 0) is 11.3 Å². The Labute approximate surface area is 131 Å². The number of aliphatic imine (C=N–C) groups is 1. The fourth-order valence-electron chi connectivity index (χ4n) is 1.70. The average molecular weight is 311 g/mol. The highest BCUT2D eigenvalue weighted by atomic mass is 19.1. The largest absolute Gasteiger partial charge is 0.491 e. The smallest absolute Gasteiger partial charge is 0.191 e. The third-order valence-electron chi connectivity index (χ3n) is 3.21. The van der Waals surface area contributed by atoms with Crippen LogP contribution in [0, 0.1) is 5.82 Å². The molecular formula is C16H26FN3O2. The second kappa shape index (κ2) is 8.58. The second-order valence-electron chi connectivity index (χ2n) is 5.44. The molecule has 22 heavy (non-hydrogen) atoms. The van der Waals surface area contributed by atoms with Gasteiger partial charge in [-0.1, -0.05) is 6.07 Å². The van der Waals surface area contributed by atoms with Crippen molar-refractivity contribution in [1.29, 1.82) is 0 Å². The van der Waals surface area contributed by atoms with Crippen molar-refractivity contribution in [2.24, 2.45) is 4.99 Å². The van der Waals surface area contributed by atoms with Gasteiger partial charge in [0.25, 0.3) is 0 Å². The van der Waals surface area contributed by atoms with Crippen molar-refractivity contribution >= 4 is 5.96 Å². The quantitative estimate of drug-likeness (QED) is 0.599. The van der Waals surface area contributed by atoms with E-state index in [-0.39, 0.29) is 17.2 Å². The number of hydrogen-bond acceptors (Lipinski definition) is 3. The predicted octanol–water partition coefficient (Wildman–Crippen LogP) is 2.31. The Kier molecular flexibility index (Phi) is 7.11. The molecule has 0 unspecified atom stereocenters. The monoisotopic (exact) mass is 311 g/mol. The summed E-state index contributed by atoms with van der Waals surface area (Å²) in [4.78, 5) is 4.13. The zero-order valence-electron chi connectivity index (χ0n) is 14.0. The van der Waals surface area contributed by atoms with Crippen LogP contribution < -0.4 is 15.4 Å². The standard InChI is InChI=1S/C16H26FN3O2/c1-6-22-14-8-7-12(9-13(14)17)10-19-15(18-4)20-11-16(2,3)21-5/h7-9H,6,10-11H2,1-5H3,(H2,18,19,20). The molecule has 124 valence electrons. The van der Waals surface area contributed by atoms with E-state index in [1.165, 1.54) is 6.07 Å². The Morgan fingerprint density at radius 1 is 1.32 bits per heavy atom. The molecule has 1 rings (SSSR count). The van der Waals surface area contributed by atoms with Crippen LogP contribution in [0.3, 0.4) is 0 Å². The molecule has 0 saturated carbocycles. The van der Waals surface area contributed by atoms with Gasteiger partial charge in [-0.3, -0.25) is 4.99 Å². The molecule has 0 fully saturated rings. The molecule has 1 aromatic rings. The van der Waals surface area contributed by atoms with E-state index >= 15 is 0 Å². The van der Waals surface area contributed by atoms with E-state index in [1.807, 2.05) is 26.8 Å². The van der Waals surface area contributed by atoms with Gasteiger partial charge in [0.1, 0.15) is 0 Å². The summed E-state index contributed by atoms with van der Waals surface area (Å²) in [6.07, 6.45) is 0. The maximum absolute atomic E-state index is 13.8. The summed E-state index contributed by atoms with van der Waals surface area (Å²) < 4.78 is 24.3. The lowest BCUT2D eigenvalue weighted by Crippen LogP contribution is -2.45. The minimum absolute atomic E-state index is 0.274. The number of nitrogens with one attached hydrogen (secondary N) is 2. The molecule has 5 nitrogen and oxygen atoms in total. The SMILES string of the molecule is CCOc1ccc(CNC(=NC)NCC(C)(C)OC)cc1F. The summed E-state index contributed by atoms with van der Waals surface area (Å²) in [7, 11) is 3.36. The van der Waals surface area contributed by atoms with Gasteiger partial charge in [-0.2, -0.15) is 0 Å². The summed E-state index contributed by atoms with van der Waals surface area (Å²) in [6, 6.07) is 4.93. The minimum atomic E-state index is -0.357. The second-order valence-corrected chi connectivity index (χ2v) is 5.44. The van der Waals surface area contributed by atoms with Gasteiger partial charge in [0.05, 0.1) is 12.2 Å². The first-order valence-corrected chi connectivity index (χ1v) is 7.32. The highest BCUT2D eigenvalue weighted by Gasteiger charge is 2.16. The minimum Gasteiger partial charge on any atom is -0.491 e. The van der Waals surface area contributed by atoms with Crippen LogP contribution >= 0.6 is 0 Å². The maximum Gasteiger partial charge on any atom is 0.191 e. The van der Waals surface area contributed by atoms with Crippen LogP contribution in [0.5, 0.6) is 5.75 Å². The summed E-state index contributed by atoms with van der Waals surface area (Å²) in [5.41, 5.74) is 0.526. The van der Waals surface area contributed by atoms with E-state index in [4.69, 9.17) is 9.47 Å². The molecule has 1 aromatic carbocycles. The van der Waals surface area contributed by atoms with Gasteiger partial charge in [-0.25, -0.2) is 4.39 Å². The maximum atomic E-state index is 13.8. The topological polar surface area (TPSA) is 54.9 Å². The normalized spacial score (nSPS) is 12.2. The molecular weight excluding hydrogens is 285 g/mol. The number of ether oxygens (including phenoxy) is 2. The number of rotatable bonds is 7. The summed E-state index contributed by atoms with van der Waals surface area (Å²) in [6.45, 7) is 7.31. The lowest BCUT2D eigenvalue weighted by atomic mass is 10.1. The van der Waals surface area contributed by atoms with Crippen molar-refractivity contribution in [1.82, 2.24) is 10.6 Å². The molecule has 0 atom stereocenters. The molecule has 0 radical (unpaired) electrons. The molecule has 0 aromatic heterocycles. The molecule has 2 N–H and O–H groups in total. The molecule has 0 aliphatic rings. The number of benzene rings is 1. The molecule has 6 heteroatoms. The van der Waals surface area contributed by atoms with E-state index in [1.54, 1.807) is 20.2 Å². The molecule has 0 saturated heterocycles. The van der Waals surface area contributed by atoms with Gasteiger partial charge in [-0.15, -0.1) is 0 Å². The van der Waals surface area contributed by atoms with E-state index in [0.717, 1.165) is 5.56 Å². The van der Waals surface area contributed by atoms with E-state index in [2.05, 4.69) is 15.6 Å². The van der Waals surface area contributed by atoms with Crippen LogP contribution in [-0.4, -0.2) is 38.9 Å². The number of hydrogen-bond donors (Lipinski definition) is 2. The van der Waals surface area contributed by atoms with Gasteiger partial charge in [0.15, 0.2) is 17.5 Å². The lowest BCUT2D eigenvalue weighted by Gasteiger charge is -2.24. The van der Waals surface area contributed by atoms with Crippen molar-refractivity contribution in [2.75, 3.05) is 27.3 Å². The number of nitrogens with zero attached hydrogens (tertiary/aromatic N) is 1. The van der Waals surface area contributed by atoms with Crippen molar-refractivity contribution in [3.63, 3.8) is 0 Å². The van der Waals surface area contributed by atoms with Gasteiger partial charge in [-0.05, 0) is 38.5 Å². The van der Waals surface area contributed by atoms with Crippen molar-refractivity contribution < 1.29 is 13.9 Å². The predicted molar refractivity (Wildman–Crippen MR) is 86.9 cm³/mol. The Balaban J connectivity index is 2.55. The first-order valence-electron chi connectivity index (χ1n) is 7.32.